The van der Waals surface area contributed by atoms with Gasteiger partial charge >= 0.3 is 162 Å². The molecule has 0 aliphatic heterocycles. The largest absolute Gasteiger partial charge is 1.00 e. The van der Waals surface area contributed by atoms with Crippen molar-refractivity contribution in [3.8, 4) is 11.5 Å². The number of hydrogen-bond acceptors (Lipinski definition) is 13. The van der Waals surface area contributed by atoms with E-state index in [0.717, 1.165) is 40.0 Å². The number of aromatic amines is 1. The average Bonchev–Trinajstić information content (AvgIpc) is 4.20. The summed E-state index contributed by atoms with van der Waals surface area (Å²) in [5, 5.41) is 18.1. The summed E-state index contributed by atoms with van der Waals surface area (Å²) < 4.78 is 112. The number of benzene rings is 4. The monoisotopic (exact) mass is 1440 g/mol. The van der Waals surface area contributed by atoms with Crippen molar-refractivity contribution in [1.29, 1.82) is 0 Å². The third-order valence-corrected chi connectivity index (χ3v) is 12.0. The molecule has 0 saturated heterocycles. The zero-order chi connectivity index (χ0) is 54.9. The van der Waals surface area contributed by atoms with E-state index in [9.17, 15) is 35.9 Å². The third-order valence-electron chi connectivity index (χ3n) is 10.8. The Labute approximate surface area is 582 Å². The molecular weight excluding hydrogens is 1390 g/mol. The van der Waals surface area contributed by atoms with E-state index in [1.165, 1.54) is 12.1 Å². The summed E-state index contributed by atoms with van der Waals surface area (Å²) in [6.07, 6.45) is -1.40. The topological polar surface area (TPSA) is 193 Å². The first-order valence-electron chi connectivity index (χ1n) is 23.3. The molecule has 4 aromatic carbocycles. The Hall–Kier alpha value is -2.39. The minimum Gasteiger partial charge on any atom is -1.00 e. The minimum atomic E-state index is -4.59. The van der Waals surface area contributed by atoms with Crippen molar-refractivity contribution in [1.82, 2.24) is 19.9 Å². The molecule has 0 aliphatic rings. The Kier molecular flexibility index (Phi) is 32.1. The van der Waals surface area contributed by atoms with E-state index in [0.29, 0.717) is 95.8 Å². The van der Waals surface area contributed by atoms with Gasteiger partial charge in [0, 0.05) is 57.2 Å². The minimum absolute atomic E-state index is 0. The maximum absolute atomic E-state index is 13.2. The number of H-pyrrole nitrogens is 1. The van der Waals surface area contributed by atoms with Crippen molar-refractivity contribution in [2.24, 2.45) is 0 Å². The molecule has 0 bridgehead atoms. The van der Waals surface area contributed by atoms with E-state index >= 15 is 0 Å². The summed E-state index contributed by atoms with van der Waals surface area (Å²) in [7, 11) is 0. The van der Waals surface area contributed by atoms with Gasteiger partial charge in [-0.3, -0.25) is 4.79 Å². The molecule has 26 heteroatoms. The van der Waals surface area contributed by atoms with Gasteiger partial charge in [0.2, 0.25) is 0 Å². The van der Waals surface area contributed by atoms with Crippen molar-refractivity contribution in [3.63, 3.8) is 0 Å². The molecule has 0 radical (unpaired) electrons. The molecule has 8 aromatic rings. The van der Waals surface area contributed by atoms with E-state index in [2.05, 4.69) is 36.1 Å². The van der Waals surface area contributed by atoms with Gasteiger partial charge in [-0.15, -0.1) is 0 Å². The number of nitrogens with one attached hydrogen (secondary N) is 1. The van der Waals surface area contributed by atoms with Crippen LogP contribution >= 0.6 is 39.1 Å². The quantitative estimate of drug-likeness (QED) is 0.0165. The van der Waals surface area contributed by atoms with Crippen molar-refractivity contribution in [2.45, 2.75) is 92.5 Å². The third kappa shape index (κ3) is 19.4. The zero-order valence-corrected chi connectivity index (χ0v) is 58.4. The van der Waals surface area contributed by atoms with Crippen LogP contribution in [0.2, 0.25) is 10.0 Å². The van der Waals surface area contributed by atoms with E-state index in [-0.39, 0.29) is 188 Å². The first-order valence-corrected chi connectivity index (χ1v) is 25.1. The fraction of sp³-hybridized carbons (Fsp3) is 0.365. The van der Waals surface area contributed by atoms with Crippen molar-refractivity contribution in [2.75, 3.05) is 31.8 Å². The van der Waals surface area contributed by atoms with E-state index in [1.807, 2.05) is 36.7 Å². The molecule has 414 valence electrons. The van der Waals surface area contributed by atoms with Crippen molar-refractivity contribution < 1.29 is 218 Å². The molecule has 0 unspecified atom stereocenters. The number of halogens is 9. The number of ether oxygens (including phenoxy) is 4. The maximum atomic E-state index is 13.2. The summed E-state index contributed by atoms with van der Waals surface area (Å²) in [4.78, 5) is 37.9. The van der Waals surface area contributed by atoms with Gasteiger partial charge in [-0.1, -0.05) is 83.6 Å². The maximum Gasteiger partial charge on any atom is 1.00 e. The molecule has 0 saturated carbocycles. The standard InChI is InChI=1S/C25H24ClF3N2O4.C14H15BrF3NO2.C11H10ClNO2.CH2O3.CH4.2Cs.H/c1-3-6-16-21(8-7-17-22(16)35-30-23(17)25(27,28)29)34-12-5-10-31-11-9-15-13-18(24(32)33-4-2)19(26)14-20(15)31;1-2-4-9-11(20-8-3-7-15)6-5-10-12(9)21-19-13(10)14(16,17)18;1-2-15-11(14)8-5-7-3-4-13-10(7)6-9(8)12;2-1-4-3;;;;/h7-9,11,13-14H,3-6,10,12H2,1-2H3;5-6H,2-4,7-8H2,1H3;3-6,13H,2H2,1H3;1,3H;1H4;;;/q;;;;;2*+1;-1/p-1. The number of rotatable bonds is 18. The van der Waals surface area contributed by atoms with Crippen molar-refractivity contribution >= 4 is 101 Å². The predicted octanol–water partition coefficient (Wildman–Crippen LogP) is 8.21. The van der Waals surface area contributed by atoms with E-state index in [1.54, 1.807) is 56.4 Å². The predicted molar refractivity (Wildman–Crippen MR) is 277 cm³/mol. The van der Waals surface area contributed by atoms with Crippen LogP contribution in [0.1, 0.15) is 105 Å². The summed E-state index contributed by atoms with van der Waals surface area (Å²) in [5.74, 6) is 0.207. The summed E-state index contributed by atoms with van der Waals surface area (Å²) >= 11 is 15.6. The first-order chi connectivity index (χ1) is 35.9. The number of fused-ring (bicyclic) bond motifs is 4. The second-order valence-electron chi connectivity index (χ2n) is 15.9. The van der Waals surface area contributed by atoms with Crippen LogP contribution in [0.3, 0.4) is 0 Å². The first kappa shape index (κ1) is 71.7. The number of esters is 2. The van der Waals surface area contributed by atoms with Gasteiger partial charge in [0.15, 0.2) is 22.6 Å². The van der Waals surface area contributed by atoms with Crippen LogP contribution in [-0.2, 0) is 50.9 Å². The smallest absolute Gasteiger partial charge is 1.00 e. The Morgan fingerprint density at radius 3 is 1.67 bits per heavy atom. The number of carbonyl (C=O) groups is 3. The molecule has 4 heterocycles. The Morgan fingerprint density at radius 1 is 0.744 bits per heavy atom. The number of carbonyl (C=O) groups excluding carboxylic acids is 3. The van der Waals surface area contributed by atoms with Crippen LogP contribution in [0.5, 0.6) is 11.5 Å². The van der Waals surface area contributed by atoms with Gasteiger partial charge in [0.25, 0.3) is 6.47 Å². The number of hydrogen-bond donors (Lipinski definition) is 1. The van der Waals surface area contributed by atoms with E-state index in [4.69, 9.17) is 61.2 Å². The molecule has 8 rings (SSSR count). The zero-order valence-electron chi connectivity index (χ0n) is 43.7. The second-order valence-corrected chi connectivity index (χ2v) is 17.5. The summed E-state index contributed by atoms with van der Waals surface area (Å²) in [6.45, 7) is 9.26. The van der Waals surface area contributed by atoms with Gasteiger partial charge < -0.3 is 49.1 Å². The molecule has 0 aliphatic carbocycles. The molecule has 0 atom stereocenters. The van der Waals surface area contributed by atoms with Gasteiger partial charge in [-0.25, -0.2) is 9.59 Å². The normalized spacial score (nSPS) is 10.9. The van der Waals surface area contributed by atoms with E-state index < -0.39 is 29.7 Å². The second kappa shape index (κ2) is 34.9. The Balaban J connectivity index is 0.000000606. The van der Waals surface area contributed by atoms with Gasteiger partial charge in [-0.05, 0) is 100 Å². The van der Waals surface area contributed by atoms with Gasteiger partial charge in [0.05, 0.1) is 58.4 Å². The fourth-order valence-electron chi connectivity index (χ4n) is 7.60. The molecule has 78 heavy (non-hydrogen) atoms. The van der Waals surface area contributed by atoms with Crippen LogP contribution in [-0.4, -0.2) is 70.0 Å². The molecular formula is C52H55BrCl2Cs2F6N4O11. The summed E-state index contributed by atoms with van der Waals surface area (Å²) in [5.41, 5.74) is 2.01. The van der Waals surface area contributed by atoms with Gasteiger partial charge in [-0.2, -0.15) is 26.3 Å². The Morgan fingerprint density at radius 2 is 1.22 bits per heavy atom. The number of aromatic nitrogens is 4. The van der Waals surface area contributed by atoms with Crippen LogP contribution in [0, 0.1) is 0 Å². The average molecular weight is 1440 g/mol. The Bertz CT molecular complexity index is 3190. The molecule has 4 aromatic heterocycles. The fourth-order valence-corrected chi connectivity index (χ4v) is 8.31. The molecule has 0 spiro atoms. The van der Waals surface area contributed by atoms with Crippen LogP contribution < -0.4 is 153 Å². The van der Waals surface area contributed by atoms with Crippen molar-refractivity contribution in [3.05, 3.63) is 117 Å². The van der Waals surface area contributed by atoms with Crippen LogP contribution in [0.4, 0.5) is 26.3 Å². The van der Waals surface area contributed by atoms with Crippen LogP contribution in [0.15, 0.2) is 82.1 Å². The molecule has 15 nitrogen and oxygen atoms in total. The SMILES string of the molecule is C.CCCc1c(OCCCBr)ccc2c(C(F)(F)F)noc12.CCCc1c(OCCCn2ccc3cc(C(=O)OCC)c(Cl)cc32)ccc2c(C(F)(F)F)noc12.CCOC(=O)c1cc2cc[nH]c2cc1Cl.O=CO[O-].[Cs+].[Cs+].[H-]. The molecule has 1 N–H and O–H groups in total. The molecule has 0 fully saturated rings. The number of alkyl halides is 7. The molecule has 0 amide bonds. The number of aryl methyl sites for hydroxylation is 3. The van der Waals surface area contributed by atoms with Gasteiger partial charge in [0.1, 0.15) is 11.5 Å². The number of nitrogens with zero attached hydrogens (tertiary/aromatic N) is 3. The summed E-state index contributed by atoms with van der Waals surface area (Å²) in [6, 6.07) is 16.5. The van der Waals surface area contributed by atoms with Crippen LogP contribution in [0.25, 0.3) is 43.7 Å².